The number of carbonyl (C=O) groups excluding carboxylic acids is 1. The molecule has 1 aromatic rings. The summed E-state index contributed by atoms with van der Waals surface area (Å²) in [6.45, 7) is 8.00. The van der Waals surface area contributed by atoms with Crippen LogP contribution in [0.5, 0.6) is 0 Å². The zero-order valence-electron chi connectivity index (χ0n) is 24.4. The zero-order chi connectivity index (χ0) is 29.1. The second kappa shape index (κ2) is 13.4. The fourth-order valence-electron chi connectivity index (χ4n) is 6.95. The van der Waals surface area contributed by atoms with Crippen LogP contribution in [0.3, 0.4) is 0 Å². The molecule has 3 saturated heterocycles. The van der Waals surface area contributed by atoms with Gasteiger partial charge in [-0.25, -0.2) is 0 Å². The molecule has 0 amide bonds. The highest BCUT2D eigenvalue weighted by molar-refractivity contribution is 8.01. The predicted octanol–water partition coefficient (Wildman–Crippen LogP) is 5.32. The lowest BCUT2D eigenvalue weighted by Crippen LogP contribution is -2.59. The Bertz CT molecular complexity index is 1080. The monoisotopic (exact) mass is 598 g/mol. The number of ether oxygens (including phenoxy) is 3. The fraction of sp³-hybridized carbons (Fsp3) is 0.767. The van der Waals surface area contributed by atoms with Crippen molar-refractivity contribution in [3.05, 3.63) is 30.3 Å². The van der Waals surface area contributed by atoms with Crippen molar-refractivity contribution in [2.45, 2.75) is 125 Å². The maximum Gasteiger partial charge on any atom is 0.311 e. The Balaban J connectivity index is 1.66. The van der Waals surface area contributed by atoms with Crippen LogP contribution >= 0.6 is 11.8 Å². The van der Waals surface area contributed by atoms with Crippen LogP contribution in [0.4, 0.5) is 0 Å². The number of thioether (sulfide) groups is 1. The standard InChI is InChI=1S/C30H46O8S2/c1-6-12-20(31)17-21-15-16-25(36-21)23(7-2)28-19(4)30(39-22-13-10-9-11-14-22)27(40(33,34)38-28)18-26(37-30)24(8-3)29(32)35-5/h9-11,13-14,19-21,23-28,31H,6-8,12,15-18H2,1-5H3/t19-,20-,21-,23+,24+,25+,26+,27-,28+,30+/m0/s1. The van der Waals surface area contributed by atoms with Gasteiger partial charge < -0.3 is 19.3 Å². The van der Waals surface area contributed by atoms with Gasteiger partial charge in [0.2, 0.25) is 0 Å². The van der Waals surface area contributed by atoms with Crippen LogP contribution in [0.1, 0.15) is 79.1 Å². The van der Waals surface area contributed by atoms with Crippen LogP contribution in [-0.2, 0) is 33.3 Å². The average molecular weight is 599 g/mol. The quantitative estimate of drug-likeness (QED) is 0.253. The Morgan fingerprint density at radius 1 is 1.15 bits per heavy atom. The van der Waals surface area contributed by atoms with Gasteiger partial charge in [-0.1, -0.05) is 64.1 Å². The van der Waals surface area contributed by atoms with E-state index < -0.39 is 50.5 Å². The van der Waals surface area contributed by atoms with Crippen molar-refractivity contribution in [2.24, 2.45) is 17.8 Å². The van der Waals surface area contributed by atoms with Gasteiger partial charge in [0, 0.05) is 16.7 Å². The molecule has 0 saturated carbocycles. The van der Waals surface area contributed by atoms with Gasteiger partial charge in [-0.15, -0.1) is 0 Å². The van der Waals surface area contributed by atoms with Crippen LogP contribution in [-0.4, -0.2) is 67.3 Å². The minimum absolute atomic E-state index is 0.0472. The molecule has 10 atom stereocenters. The molecule has 40 heavy (non-hydrogen) atoms. The lowest BCUT2D eigenvalue weighted by Gasteiger charge is -2.48. The van der Waals surface area contributed by atoms with Crippen molar-refractivity contribution in [3.63, 3.8) is 0 Å². The topological polar surface area (TPSA) is 108 Å². The fourth-order valence-corrected chi connectivity index (χ4v) is 10.7. The van der Waals surface area contributed by atoms with E-state index in [1.54, 1.807) is 0 Å². The highest BCUT2D eigenvalue weighted by Crippen LogP contribution is 2.58. The molecule has 0 bridgehead atoms. The maximum atomic E-state index is 13.9. The summed E-state index contributed by atoms with van der Waals surface area (Å²) in [5.74, 6) is -1.45. The summed E-state index contributed by atoms with van der Waals surface area (Å²) in [4.78, 5) is 12.4. The summed E-state index contributed by atoms with van der Waals surface area (Å²) in [5.41, 5.74) is 0. The van der Waals surface area contributed by atoms with E-state index in [1.165, 1.54) is 18.9 Å². The van der Waals surface area contributed by atoms with Crippen LogP contribution in [0, 0.1) is 17.8 Å². The maximum absolute atomic E-state index is 13.9. The van der Waals surface area contributed by atoms with E-state index in [0.717, 1.165) is 30.6 Å². The van der Waals surface area contributed by atoms with Gasteiger partial charge in [0.05, 0.1) is 43.5 Å². The molecule has 3 aliphatic rings. The number of rotatable bonds is 12. The molecule has 3 fully saturated rings. The Hall–Kier alpha value is -1.17. The van der Waals surface area contributed by atoms with Gasteiger partial charge >= 0.3 is 5.97 Å². The summed E-state index contributed by atoms with van der Waals surface area (Å²) >= 11 is 1.43. The van der Waals surface area contributed by atoms with E-state index in [1.807, 2.05) is 51.1 Å². The number of hydrogen-bond acceptors (Lipinski definition) is 9. The number of aliphatic hydroxyl groups is 1. The Morgan fingerprint density at radius 3 is 2.50 bits per heavy atom. The molecule has 0 unspecified atom stereocenters. The SMILES string of the molecule is CCC[C@H](O)C[C@@H]1CC[C@H]([C@@H](CC)[C@@H]2OS(=O)(=O)[C@H]3C[C@H]([C@@H](CC)C(=O)OC)O[C@@]3(Sc3ccccc3)[C@H]2C)O1. The Labute approximate surface area is 244 Å². The number of fused-ring (bicyclic) bond motifs is 1. The van der Waals surface area contributed by atoms with Crippen molar-refractivity contribution in [1.29, 1.82) is 0 Å². The van der Waals surface area contributed by atoms with Crippen molar-refractivity contribution in [2.75, 3.05) is 7.11 Å². The first-order valence-corrected chi connectivity index (χ1v) is 17.1. The number of methoxy groups -OCH3 is 1. The van der Waals surface area contributed by atoms with Crippen LogP contribution in [0.25, 0.3) is 0 Å². The molecule has 1 N–H and O–H groups in total. The second-order valence-corrected chi connectivity index (χ2v) is 14.6. The first-order chi connectivity index (χ1) is 19.1. The Morgan fingerprint density at radius 2 is 1.88 bits per heavy atom. The molecule has 4 rings (SSSR count). The molecular weight excluding hydrogens is 552 g/mol. The summed E-state index contributed by atoms with van der Waals surface area (Å²) in [6.07, 6.45) is 3.33. The van der Waals surface area contributed by atoms with Crippen LogP contribution < -0.4 is 0 Å². The van der Waals surface area contributed by atoms with E-state index in [-0.39, 0.29) is 30.5 Å². The molecule has 226 valence electrons. The lowest BCUT2D eigenvalue weighted by molar-refractivity contribution is -0.154. The molecule has 8 nitrogen and oxygen atoms in total. The van der Waals surface area contributed by atoms with Gasteiger partial charge in [-0.3, -0.25) is 8.98 Å². The van der Waals surface area contributed by atoms with Crippen molar-refractivity contribution >= 4 is 27.8 Å². The summed E-state index contributed by atoms with van der Waals surface area (Å²) in [7, 11) is -2.70. The lowest BCUT2D eigenvalue weighted by atomic mass is 9.81. The van der Waals surface area contributed by atoms with E-state index in [0.29, 0.717) is 19.3 Å². The largest absolute Gasteiger partial charge is 0.469 e. The minimum atomic E-state index is -4.05. The third-order valence-corrected chi connectivity index (χ3v) is 12.5. The normalized spacial score (nSPS) is 35.5. The minimum Gasteiger partial charge on any atom is -0.469 e. The summed E-state index contributed by atoms with van der Waals surface area (Å²) < 4.78 is 52.2. The summed E-state index contributed by atoms with van der Waals surface area (Å²) in [6, 6.07) is 9.69. The third-order valence-electron chi connectivity index (χ3n) is 9.03. The first-order valence-electron chi connectivity index (χ1n) is 14.8. The second-order valence-electron chi connectivity index (χ2n) is 11.5. The van der Waals surface area contributed by atoms with Gasteiger partial charge in [-0.2, -0.15) is 8.42 Å². The molecule has 1 aromatic carbocycles. The number of aliphatic hydroxyl groups excluding tert-OH is 1. The predicted molar refractivity (Wildman–Crippen MR) is 154 cm³/mol. The van der Waals surface area contributed by atoms with Gasteiger partial charge in [-0.05, 0) is 57.1 Å². The number of benzene rings is 1. The van der Waals surface area contributed by atoms with Gasteiger partial charge in [0.15, 0.2) is 0 Å². The zero-order valence-corrected chi connectivity index (χ0v) is 26.0. The highest BCUT2D eigenvalue weighted by Gasteiger charge is 2.66. The van der Waals surface area contributed by atoms with E-state index >= 15 is 0 Å². The van der Waals surface area contributed by atoms with Crippen molar-refractivity contribution < 1.29 is 36.7 Å². The van der Waals surface area contributed by atoms with E-state index in [9.17, 15) is 18.3 Å². The van der Waals surface area contributed by atoms with Crippen LogP contribution in [0.2, 0.25) is 0 Å². The third kappa shape index (κ3) is 6.42. The summed E-state index contributed by atoms with van der Waals surface area (Å²) in [5, 5.41) is 9.41. The Kier molecular flexibility index (Phi) is 10.7. The molecule has 0 spiro atoms. The molecule has 3 heterocycles. The van der Waals surface area contributed by atoms with Crippen molar-refractivity contribution in [1.82, 2.24) is 0 Å². The van der Waals surface area contributed by atoms with Gasteiger partial charge in [0.1, 0.15) is 10.2 Å². The smallest absolute Gasteiger partial charge is 0.311 e. The van der Waals surface area contributed by atoms with Gasteiger partial charge in [0.25, 0.3) is 10.1 Å². The molecule has 0 aliphatic carbocycles. The van der Waals surface area contributed by atoms with Crippen LogP contribution in [0.15, 0.2) is 35.2 Å². The number of esters is 1. The average Bonchev–Trinajstić information content (AvgIpc) is 3.54. The molecule has 0 aromatic heterocycles. The molecule has 0 radical (unpaired) electrons. The molecule has 3 aliphatic heterocycles. The highest BCUT2D eigenvalue weighted by atomic mass is 32.2. The molecule has 10 heteroatoms. The number of hydrogen-bond donors (Lipinski definition) is 1. The molecular formula is C30H46O8S2. The van der Waals surface area contributed by atoms with E-state index in [2.05, 4.69) is 6.92 Å². The number of carbonyl (C=O) groups is 1. The first kappa shape index (κ1) is 31.8. The van der Waals surface area contributed by atoms with E-state index in [4.69, 9.17) is 18.4 Å². The van der Waals surface area contributed by atoms with Crippen molar-refractivity contribution in [3.8, 4) is 0 Å².